The predicted octanol–water partition coefficient (Wildman–Crippen LogP) is 2.54. The van der Waals surface area contributed by atoms with Crippen LogP contribution < -0.4 is 11.1 Å². The lowest BCUT2D eigenvalue weighted by molar-refractivity contribution is -0.137. The maximum atomic E-state index is 13.3. The van der Waals surface area contributed by atoms with Gasteiger partial charge in [0.1, 0.15) is 6.04 Å². The molecule has 0 bridgehead atoms. The average molecular weight is 426 g/mol. The van der Waals surface area contributed by atoms with Crippen molar-refractivity contribution in [2.24, 2.45) is 5.73 Å². The van der Waals surface area contributed by atoms with Gasteiger partial charge in [0.2, 0.25) is 17.7 Å². The third kappa shape index (κ3) is 3.35. The summed E-state index contributed by atoms with van der Waals surface area (Å²) in [6.45, 7) is 1.94. The Hall–Kier alpha value is -3.19. The van der Waals surface area contributed by atoms with Crippen molar-refractivity contribution in [2.75, 3.05) is 0 Å². The van der Waals surface area contributed by atoms with E-state index in [1.54, 1.807) is 18.2 Å². The van der Waals surface area contributed by atoms with Gasteiger partial charge in [-0.3, -0.25) is 24.5 Å². The number of benzene rings is 2. The number of carbonyl (C=O) groups excluding carboxylic acids is 4. The highest BCUT2D eigenvalue weighted by molar-refractivity contribution is 6.30. The van der Waals surface area contributed by atoms with Crippen LogP contribution in [0.5, 0.6) is 0 Å². The number of imide groups is 1. The summed E-state index contributed by atoms with van der Waals surface area (Å²) in [4.78, 5) is 50.8. The van der Waals surface area contributed by atoms with Crippen molar-refractivity contribution in [2.45, 2.75) is 37.8 Å². The zero-order valence-corrected chi connectivity index (χ0v) is 17.0. The van der Waals surface area contributed by atoms with Gasteiger partial charge >= 0.3 is 0 Å². The summed E-state index contributed by atoms with van der Waals surface area (Å²) in [7, 11) is 0. The first-order valence-electron chi connectivity index (χ1n) is 9.63. The monoisotopic (exact) mass is 425 g/mol. The van der Waals surface area contributed by atoms with Crippen LogP contribution in [0.3, 0.4) is 0 Å². The molecule has 3 N–H and O–H groups in total. The molecule has 2 aromatic carbocycles. The van der Waals surface area contributed by atoms with E-state index < -0.39 is 23.9 Å². The number of nitrogens with one attached hydrogen (secondary N) is 1. The van der Waals surface area contributed by atoms with Gasteiger partial charge < -0.3 is 10.6 Å². The van der Waals surface area contributed by atoms with Gasteiger partial charge in [-0.1, -0.05) is 30.7 Å². The fourth-order valence-corrected chi connectivity index (χ4v) is 4.53. The smallest absolute Gasteiger partial charge is 0.255 e. The second-order valence-corrected chi connectivity index (χ2v) is 8.07. The van der Waals surface area contributed by atoms with Gasteiger partial charge in [0.05, 0.1) is 6.04 Å². The number of halogens is 1. The fourth-order valence-electron chi connectivity index (χ4n) is 4.34. The Kier molecular flexibility index (Phi) is 5.07. The van der Waals surface area contributed by atoms with Crippen LogP contribution in [0.1, 0.15) is 63.6 Å². The van der Waals surface area contributed by atoms with Crippen molar-refractivity contribution in [1.29, 1.82) is 0 Å². The summed E-state index contributed by atoms with van der Waals surface area (Å²) >= 11 is 6.17. The normalized spacial score (nSPS) is 21.9. The molecule has 2 heterocycles. The van der Waals surface area contributed by atoms with E-state index in [1.165, 1.54) is 11.0 Å². The number of piperidine rings is 1. The summed E-state index contributed by atoms with van der Waals surface area (Å²) in [5.41, 5.74) is 7.68. The van der Waals surface area contributed by atoms with E-state index in [4.69, 9.17) is 17.3 Å². The van der Waals surface area contributed by atoms with Crippen LogP contribution in [0.2, 0.25) is 5.02 Å². The molecule has 0 aromatic heterocycles. The van der Waals surface area contributed by atoms with Gasteiger partial charge in [0.25, 0.3) is 5.91 Å². The minimum absolute atomic E-state index is 0.154. The van der Waals surface area contributed by atoms with Crippen LogP contribution >= 0.6 is 11.6 Å². The first kappa shape index (κ1) is 20.1. The van der Waals surface area contributed by atoms with E-state index in [-0.39, 0.29) is 36.1 Å². The number of hydrogen-bond acceptors (Lipinski definition) is 4. The second-order valence-electron chi connectivity index (χ2n) is 7.63. The van der Waals surface area contributed by atoms with Gasteiger partial charge in [0.15, 0.2) is 0 Å². The molecule has 2 aliphatic heterocycles. The molecule has 154 valence electrons. The number of carbonyl (C=O) groups is 4. The molecule has 1 saturated heterocycles. The van der Waals surface area contributed by atoms with Crippen LogP contribution in [0.25, 0.3) is 0 Å². The molecule has 4 rings (SSSR count). The third-order valence-corrected chi connectivity index (χ3v) is 6.05. The molecule has 30 heavy (non-hydrogen) atoms. The zero-order valence-electron chi connectivity index (χ0n) is 16.2. The highest BCUT2D eigenvalue weighted by Crippen LogP contribution is 2.45. The molecule has 2 aromatic rings. The molecular formula is C22H20ClN3O4. The Morgan fingerprint density at radius 1 is 1.20 bits per heavy atom. The fraction of sp³-hybridized carbons (Fsp3) is 0.273. The van der Waals surface area contributed by atoms with Gasteiger partial charge in [-0.15, -0.1) is 0 Å². The molecule has 2 unspecified atom stereocenters. The Morgan fingerprint density at radius 3 is 2.63 bits per heavy atom. The minimum Gasteiger partial charge on any atom is -0.366 e. The van der Waals surface area contributed by atoms with Crippen molar-refractivity contribution in [3.63, 3.8) is 0 Å². The summed E-state index contributed by atoms with van der Waals surface area (Å²) in [5, 5.41) is 2.88. The van der Waals surface area contributed by atoms with E-state index in [9.17, 15) is 19.2 Å². The van der Waals surface area contributed by atoms with E-state index in [2.05, 4.69) is 5.32 Å². The number of rotatable bonds is 4. The molecule has 0 aliphatic carbocycles. The summed E-state index contributed by atoms with van der Waals surface area (Å²) in [6, 6.07) is 10.7. The van der Waals surface area contributed by atoms with Crippen molar-refractivity contribution in [3.8, 4) is 0 Å². The van der Waals surface area contributed by atoms with Crippen LogP contribution in [-0.2, 0) is 9.59 Å². The molecule has 2 aliphatic rings. The largest absolute Gasteiger partial charge is 0.366 e. The third-order valence-electron chi connectivity index (χ3n) is 5.81. The Labute approximate surface area is 178 Å². The first-order chi connectivity index (χ1) is 14.3. The zero-order chi connectivity index (χ0) is 21.6. The quantitative estimate of drug-likeness (QED) is 0.733. The number of fused-ring (bicyclic) bond motifs is 1. The van der Waals surface area contributed by atoms with Crippen molar-refractivity contribution in [1.82, 2.24) is 10.2 Å². The molecule has 8 heteroatoms. The molecule has 3 atom stereocenters. The lowest BCUT2D eigenvalue weighted by Crippen LogP contribution is -2.54. The van der Waals surface area contributed by atoms with Gasteiger partial charge in [-0.2, -0.15) is 0 Å². The maximum absolute atomic E-state index is 13.3. The standard InChI is InChI=1S/C22H20ClN3O4/c1-11(12-3-2-4-14(23)9-12)19-16-10-13(20(24)28)5-6-15(16)22(30)26(19)17-7-8-18(27)25-21(17)29/h2-6,9-11,17,19H,7-8H2,1H3,(H2,24,28)(H,25,27,29)/t11-,17?,19?/m0/s1. The summed E-state index contributed by atoms with van der Waals surface area (Å²) in [6.07, 6.45) is 0.396. The molecular weight excluding hydrogens is 406 g/mol. The molecule has 0 saturated carbocycles. The van der Waals surface area contributed by atoms with E-state index in [0.717, 1.165) is 5.56 Å². The maximum Gasteiger partial charge on any atom is 0.255 e. The SMILES string of the molecule is C[C@@H](c1cccc(Cl)c1)C1c2cc(C(N)=O)ccc2C(=O)N1C1CCC(=O)NC1=O. The molecule has 1 fully saturated rings. The number of amides is 4. The van der Waals surface area contributed by atoms with E-state index in [1.807, 2.05) is 25.1 Å². The number of hydrogen-bond donors (Lipinski definition) is 2. The van der Waals surface area contributed by atoms with Gasteiger partial charge in [-0.25, -0.2) is 0 Å². The van der Waals surface area contributed by atoms with Gasteiger partial charge in [-0.05, 0) is 47.9 Å². The lowest BCUT2D eigenvalue weighted by Gasteiger charge is -2.37. The van der Waals surface area contributed by atoms with Crippen molar-refractivity contribution < 1.29 is 19.2 Å². The number of primary amides is 1. The Bertz CT molecular complexity index is 1080. The predicted molar refractivity (Wildman–Crippen MR) is 110 cm³/mol. The van der Waals surface area contributed by atoms with E-state index in [0.29, 0.717) is 16.1 Å². The second kappa shape index (κ2) is 7.57. The number of nitrogens with two attached hydrogens (primary N) is 1. The van der Waals surface area contributed by atoms with Crippen LogP contribution in [0.15, 0.2) is 42.5 Å². The topological polar surface area (TPSA) is 110 Å². The molecule has 0 radical (unpaired) electrons. The van der Waals surface area contributed by atoms with Crippen LogP contribution in [0.4, 0.5) is 0 Å². The molecule has 0 spiro atoms. The highest BCUT2D eigenvalue weighted by atomic mass is 35.5. The highest BCUT2D eigenvalue weighted by Gasteiger charge is 2.47. The van der Waals surface area contributed by atoms with Gasteiger partial charge in [0, 0.05) is 28.5 Å². The number of nitrogens with zero attached hydrogens (tertiary/aromatic N) is 1. The Balaban J connectivity index is 1.84. The van der Waals surface area contributed by atoms with E-state index >= 15 is 0 Å². The minimum atomic E-state index is -0.786. The van der Waals surface area contributed by atoms with Crippen LogP contribution in [-0.4, -0.2) is 34.6 Å². The van der Waals surface area contributed by atoms with Crippen LogP contribution in [0, 0.1) is 0 Å². The Morgan fingerprint density at radius 2 is 1.97 bits per heavy atom. The molecule has 4 amide bonds. The summed E-state index contributed by atoms with van der Waals surface area (Å²) < 4.78 is 0. The van der Waals surface area contributed by atoms with Crippen molar-refractivity contribution >= 4 is 35.2 Å². The summed E-state index contributed by atoms with van der Waals surface area (Å²) in [5.74, 6) is -1.99. The first-order valence-corrected chi connectivity index (χ1v) is 10.0. The molecule has 7 nitrogen and oxygen atoms in total. The average Bonchev–Trinajstić information content (AvgIpc) is 2.99. The lowest BCUT2D eigenvalue weighted by atomic mass is 9.86. The van der Waals surface area contributed by atoms with Crippen molar-refractivity contribution in [3.05, 3.63) is 69.7 Å².